The molecule has 2 nitrogen and oxygen atoms in total. The monoisotopic (exact) mass is 430 g/mol. The molecule has 0 radical (unpaired) electrons. The molecule has 0 saturated heterocycles. The molecule has 2 fully saturated rings. The summed E-state index contributed by atoms with van der Waals surface area (Å²) in [6.07, 6.45) is 12.6. The Balaban J connectivity index is 1.49. The molecule has 2 saturated carbocycles. The van der Waals surface area contributed by atoms with Crippen molar-refractivity contribution in [1.29, 1.82) is 0 Å². The first kappa shape index (κ1) is 20.8. The lowest BCUT2D eigenvalue weighted by Crippen LogP contribution is -2.44. The molecule has 1 aromatic carbocycles. The second kappa shape index (κ2) is 7.52. The maximum absolute atomic E-state index is 12.7. The number of hydrogen-bond acceptors (Lipinski definition) is 2. The molecule has 1 aromatic rings. The smallest absolute Gasteiger partial charge is 0.178 e. The second-order valence-electron chi connectivity index (χ2n) is 10.1. The van der Waals surface area contributed by atoms with Crippen LogP contribution in [0.15, 0.2) is 87.4 Å². The Morgan fingerprint density at radius 2 is 1.97 bits per heavy atom. The van der Waals surface area contributed by atoms with E-state index >= 15 is 0 Å². The molecule has 4 aliphatic rings. The van der Waals surface area contributed by atoms with Crippen molar-refractivity contribution in [1.82, 2.24) is 0 Å². The van der Waals surface area contributed by atoms with Crippen LogP contribution in [0.4, 0.5) is 0 Å². The minimum Gasteiger partial charge on any atom is -0.606 e. The van der Waals surface area contributed by atoms with E-state index in [4.69, 9.17) is 0 Å². The van der Waals surface area contributed by atoms with Gasteiger partial charge in [-0.3, -0.25) is 4.79 Å². The summed E-state index contributed by atoms with van der Waals surface area (Å²) in [4.78, 5) is 12.9. The van der Waals surface area contributed by atoms with E-state index in [1.807, 2.05) is 36.4 Å². The molecule has 5 rings (SSSR count). The van der Waals surface area contributed by atoms with Crippen molar-refractivity contribution >= 4 is 17.0 Å². The summed E-state index contributed by atoms with van der Waals surface area (Å²) in [5.41, 5.74) is 7.58. The summed E-state index contributed by atoms with van der Waals surface area (Å²) in [7, 11) is 0. The summed E-state index contributed by atoms with van der Waals surface area (Å²) >= 11 is -1.16. The van der Waals surface area contributed by atoms with Gasteiger partial charge in [-0.15, -0.1) is 0 Å². The Bertz CT molecular complexity index is 1070. The Morgan fingerprint density at radius 3 is 2.74 bits per heavy atom. The van der Waals surface area contributed by atoms with Gasteiger partial charge in [0.15, 0.2) is 16.1 Å². The van der Waals surface area contributed by atoms with Crippen molar-refractivity contribution in [3.05, 3.63) is 82.5 Å². The van der Waals surface area contributed by atoms with Crippen LogP contribution in [-0.4, -0.2) is 10.3 Å². The third kappa shape index (κ3) is 3.26. The van der Waals surface area contributed by atoms with E-state index in [1.165, 1.54) is 16.7 Å². The molecular weight excluding hydrogens is 400 g/mol. The topological polar surface area (TPSA) is 40.1 Å². The van der Waals surface area contributed by atoms with Crippen molar-refractivity contribution in [3.63, 3.8) is 0 Å². The third-order valence-electron chi connectivity index (χ3n) is 8.38. The van der Waals surface area contributed by atoms with Crippen LogP contribution in [0.2, 0.25) is 0 Å². The number of ketones is 1. The normalized spacial score (nSPS) is 37.1. The van der Waals surface area contributed by atoms with Crippen molar-refractivity contribution in [2.75, 3.05) is 0 Å². The fourth-order valence-corrected chi connectivity index (χ4v) is 7.54. The third-order valence-corrected chi connectivity index (χ3v) is 9.45. The molecule has 2 unspecified atom stereocenters. The fourth-order valence-electron chi connectivity index (χ4n) is 6.73. The summed E-state index contributed by atoms with van der Waals surface area (Å²) in [6.45, 7) is 6.97. The molecule has 3 heteroatoms. The van der Waals surface area contributed by atoms with Gasteiger partial charge in [0.25, 0.3) is 0 Å². The molecule has 31 heavy (non-hydrogen) atoms. The lowest BCUT2D eigenvalue weighted by atomic mass is 9.51. The number of carbonyl (C=O) groups excluding carboxylic acids is 1. The molecular formula is C28H30O2S. The number of hydrogen-bond donors (Lipinski definition) is 0. The number of carbonyl (C=O) groups is 1. The van der Waals surface area contributed by atoms with Gasteiger partial charge in [-0.1, -0.05) is 55.5 Å². The molecule has 0 heterocycles. The first-order valence-electron chi connectivity index (χ1n) is 11.4. The minimum atomic E-state index is -1.16. The zero-order chi connectivity index (χ0) is 21.8. The first-order chi connectivity index (χ1) is 14.8. The molecule has 160 valence electrons. The molecule has 0 N–H and O–H groups in total. The average Bonchev–Trinajstić information content (AvgIpc) is 3.10. The van der Waals surface area contributed by atoms with Gasteiger partial charge in [0.1, 0.15) is 0 Å². The SMILES string of the molecule is CC1C[C@@H]2C(=CC[C@]3(C)C(=C=C[S+]([O-])c4ccccc4)CC[C@@H]23)[C@@]2(C)C=CC(=O)C=C12. The van der Waals surface area contributed by atoms with E-state index in [-0.39, 0.29) is 16.6 Å². The number of fused-ring (bicyclic) bond motifs is 5. The Kier molecular flexibility index (Phi) is 5.05. The number of allylic oxidation sites excluding steroid dienone is 7. The van der Waals surface area contributed by atoms with Crippen LogP contribution in [0.3, 0.4) is 0 Å². The van der Waals surface area contributed by atoms with Gasteiger partial charge in [0.05, 0.1) is 0 Å². The summed E-state index contributed by atoms with van der Waals surface area (Å²) in [5, 5.41) is 1.76. The highest BCUT2D eigenvalue weighted by Crippen LogP contribution is 2.64. The zero-order valence-corrected chi connectivity index (χ0v) is 19.4. The predicted octanol–water partition coefficient (Wildman–Crippen LogP) is 6.31. The summed E-state index contributed by atoms with van der Waals surface area (Å²) < 4.78 is 12.7. The van der Waals surface area contributed by atoms with Gasteiger partial charge >= 0.3 is 0 Å². The van der Waals surface area contributed by atoms with Crippen molar-refractivity contribution in [2.24, 2.45) is 28.6 Å². The number of rotatable bonds is 2. The van der Waals surface area contributed by atoms with Crippen molar-refractivity contribution in [2.45, 2.75) is 51.3 Å². The molecule has 0 amide bonds. The van der Waals surface area contributed by atoms with Gasteiger partial charge in [-0.05, 0) is 85.8 Å². The van der Waals surface area contributed by atoms with Crippen LogP contribution in [0, 0.1) is 28.6 Å². The lowest BCUT2D eigenvalue weighted by Gasteiger charge is -2.53. The Labute approximate surface area is 188 Å². The first-order valence-corrected chi connectivity index (χ1v) is 12.6. The van der Waals surface area contributed by atoms with E-state index in [1.54, 1.807) is 11.5 Å². The van der Waals surface area contributed by atoms with E-state index in [0.717, 1.165) is 30.6 Å². The zero-order valence-electron chi connectivity index (χ0n) is 18.6. The van der Waals surface area contributed by atoms with Crippen LogP contribution in [0.5, 0.6) is 0 Å². The van der Waals surface area contributed by atoms with E-state index in [2.05, 4.69) is 38.7 Å². The molecule has 0 bridgehead atoms. The largest absolute Gasteiger partial charge is 0.606 e. The highest BCUT2D eigenvalue weighted by atomic mass is 32.2. The van der Waals surface area contributed by atoms with E-state index in [0.29, 0.717) is 17.8 Å². The van der Waals surface area contributed by atoms with Crippen LogP contribution >= 0.6 is 0 Å². The maximum atomic E-state index is 12.7. The van der Waals surface area contributed by atoms with Gasteiger partial charge in [-0.25, -0.2) is 0 Å². The molecule has 0 aromatic heterocycles. The van der Waals surface area contributed by atoms with Crippen LogP contribution in [0.25, 0.3) is 0 Å². The minimum absolute atomic E-state index is 0.0804. The summed E-state index contributed by atoms with van der Waals surface area (Å²) in [6, 6.07) is 9.61. The van der Waals surface area contributed by atoms with Crippen LogP contribution < -0.4 is 0 Å². The van der Waals surface area contributed by atoms with E-state index < -0.39 is 11.2 Å². The Hall–Kier alpha value is -2.06. The standard InChI is InChI=1S/C28H30O2S/c1-19-17-23-24-10-9-20(13-16-31(30)22-7-5-4-6-8-22)27(24,2)15-12-25(23)28(3)14-11-21(29)18-26(19)28/h4-8,11-12,14,16,18-19,23-24H,9-10,15,17H2,1-3H3/t13?,19?,23-,24-,27+,28+,31?/m0/s1. The molecule has 6 atom stereocenters. The van der Waals surface area contributed by atoms with Gasteiger partial charge < -0.3 is 4.55 Å². The van der Waals surface area contributed by atoms with E-state index in [9.17, 15) is 9.35 Å². The molecule has 0 spiro atoms. The highest BCUT2D eigenvalue weighted by Gasteiger charge is 2.55. The molecule has 4 aliphatic carbocycles. The summed E-state index contributed by atoms with van der Waals surface area (Å²) in [5.74, 6) is 1.66. The van der Waals surface area contributed by atoms with Gasteiger partial charge in [0.2, 0.25) is 0 Å². The maximum Gasteiger partial charge on any atom is 0.178 e. The van der Waals surface area contributed by atoms with Crippen molar-refractivity contribution < 1.29 is 9.35 Å². The lowest BCUT2D eigenvalue weighted by molar-refractivity contribution is -0.110. The number of benzene rings is 1. The quantitative estimate of drug-likeness (QED) is 0.313. The predicted molar refractivity (Wildman–Crippen MR) is 126 cm³/mol. The fraction of sp³-hybridized carbons (Fsp3) is 0.429. The average molecular weight is 431 g/mol. The van der Waals surface area contributed by atoms with Crippen LogP contribution in [0.1, 0.15) is 46.5 Å². The van der Waals surface area contributed by atoms with Crippen molar-refractivity contribution in [3.8, 4) is 0 Å². The second-order valence-corrected chi connectivity index (χ2v) is 11.4. The highest BCUT2D eigenvalue weighted by molar-refractivity contribution is 7.94. The van der Waals surface area contributed by atoms with Gasteiger partial charge in [-0.2, -0.15) is 0 Å². The molecule has 0 aliphatic heterocycles. The van der Waals surface area contributed by atoms with Crippen LogP contribution in [-0.2, 0) is 16.0 Å². The Morgan fingerprint density at radius 1 is 1.19 bits per heavy atom. The van der Waals surface area contributed by atoms with Gasteiger partial charge in [0, 0.05) is 22.0 Å².